The first-order valence-corrected chi connectivity index (χ1v) is 9.94. The van der Waals surface area contributed by atoms with Crippen LogP contribution in [-0.4, -0.2) is 57.1 Å². The Bertz CT molecular complexity index is 922. The molecule has 0 radical (unpaired) electrons. The molecule has 4 rings (SSSR count). The van der Waals surface area contributed by atoms with E-state index in [-0.39, 0.29) is 10.8 Å². The largest absolute Gasteiger partial charge is 0.378 e. The first-order valence-electron chi connectivity index (χ1n) is 8.50. The molecule has 136 valence electrons. The molecule has 3 heterocycles. The number of carbonyl (C=O) groups excluding carboxylic acids is 1. The van der Waals surface area contributed by atoms with Crippen molar-refractivity contribution in [3.05, 3.63) is 53.9 Å². The summed E-state index contributed by atoms with van der Waals surface area (Å²) in [5.74, 6) is -0.102. The molecule has 0 aliphatic carbocycles. The molecule has 2 aromatic rings. The smallest absolute Gasteiger partial charge is 0.264 e. The Hall–Kier alpha value is -2.45. The summed E-state index contributed by atoms with van der Waals surface area (Å²) in [6.45, 7) is 2.57. The van der Waals surface area contributed by atoms with Crippen molar-refractivity contribution in [2.75, 3.05) is 37.2 Å². The van der Waals surface area contributed by atoms with Gasteiger partial charge in [0.2, 0.25) is 0 Å². The SMILES string of the molecule is O=C(c1ccc(S(=O)(=O)N2CCc3cnccc32)cc1)N1CCOCC1. The van der Waals surface area contributed by atoms with Gasteiger partial charge in [-0.15, -0.1) is 0 Å². The third kappa shape index (κ3) is 2.95. The lowest BCUT2D eigenvalue weighted by Crippen LogP contribution is -2.40. The Kier molecular flexibility index (Phi) is 4.37. The number of amides is 1. The maximum absolute atomic E-state index is 13.0. The molecular formula is C18H19N3O4S. The van der Waals surface area contributed by atoms with E-state index in [0.29, 0.717) is 50.5 Å². The predicted molar refractivity (Wildman–Crippen MR) is 95.6 cm³/mol. The molecule has 7 nitrogen and oxygen atoms in total. The van der Waals surface area contributed by atoms with Gasteiger partial charge in [0.05, 0.1) is 23.8 Å². The fraction of sp³-hybridized carbons (Fsp3) is 0.333. The van der Waals surface area contributed by atoms with Crippen molar-refractivity contribution >= 4 is 21.6 Å². The van der Waals surface area contributed by atoms with Crippen LogP contribution in [0.25, 0.3) is 0 Å². The summed E-state index contributed by atoms with van der Waals surface area (Å²) in [6.07, 6.45) is 3.95. The number of anilines is 1. The minimum absolute atomic E-state index is 0.102. The lowest BCUT2D eigenvalue weighted by Gasteiger charge is -2.27. The van der Waals surface area contributed by atoms with Crippen LogP contribution in [0.15, 0.2) is 47.6 Å². The van der Waals surface area contributed by atoms with Gasteiger partial charge in [-0.05, 0) is 42.3 Å². The van der Waals surface area contributed by atoms with Crippen molar-refractivity contribution in [2.45, 2.75) is 11.3 Å². The van der Waals surface area contributed by atoms with Crippen molar-refractivity contribution in [1.29, 1.82) is 0 Å². The maximum Gasteiger partial charge on any atom is 0.264 e. The Morgan fingerprint density at radius 1 is 1.04 bits per heavy atom. The molecule has 1 saturated heterocycles. The molecule has 26 heavy (non-hydrogen) atoms. The van der Waals surface area contributed by atoms with Crippen LogP contribution in [0.1, 0.15) is 15.9 Å². The molecule has 0 spiro atoms. The number of hydrogen-bond donors (Lipinski definition) is 0. The molecule has 1 aromatic heterocycles. The van der Waals surface area contributed by atoms with Gasteiger partial charge in [-0.2, -0.15) is 0 Å². The lowest BCUT2D eigenvalue weighted by molar-refractivity contribution is 0.0303. The number of pyridine rings is 1. The number of benzene rings is 1. The highest BCUT2D eigenvalue weighted by Gasteiger charge is 2.31. The van der Waals surface area contributed by atoms with Crippen molar-refractivity contribution in [3.8, 4) is 0 Å². The Morgan fingerprint density at radius 2 is 1.77 bits per heavy atom. The number of fused-ring (bicyclic) bond motifs is 1. The highest BCUT2D eigenvalue weighted by Crippen LogP contribution is 2.32. The van der Waals surface area contributed by atoms with Crippen molar-refractivity contribution in [3.63, 3.8) is 0 Å². The van der Waals surface area contributed by atoms with Gasteiger partial charge >= 0.3 is 0 Å². The second-order valence-electron chi connectivity index (χ2n) is 6.26. The summed E-state index contributed by atoms with van der Waals surface area (Å²) >= 11 is 0. The summed E-state index contributed by atoms with van der Waals surface area (Å²) in [7, 11) is -3.66. The number of hydrogen-bond acceptors (Lipinski definition) is 5. The standard InChI is InChI=1S/C18H19N3O4S/c22-18(20-9-11-25-12-10-20)14-1-3-16(4-2-14)26(23,24)21-8-6-15-13-19-7-5-17(15)21/h1-5,7,13H,6,8-12H2. The van der Waals surface area contributed by atoms with E-state index < -0.39 is 10.0 Å². The quantitative estimate of drug-likeness (QED) is 0.810. The summed E-state index contributed by atoms with van der Waals surface area (Å²) in [5, 5.41) is 0. The van der Waals surface area contributed by atoms with Gasteiger partial charge in [0.1, 0.15) is 0 Å². The Morgan fingerprint density at radius 3 is 2.50 bits per heavy atom. The molecular weight excluding hydrogens is 354 g/mol. The number of sulfonamides is 1. The summed E-state index contributed by atoms with van der Waals surface area (Å²) in [4.78, 5) is 18.4. The molecule has 2 aliphatic heterocycles. The van der Waals surface area contributed by atoms with E-state index in [1.54, 1.807) is 35.5 Å². The van der Waals surface area contributed by atoms with E-state index in [1.807, 2.05) is 0 Å². The molecule has 8 heteroatoms. The number of rotatable bonds is 3. The zero-order chi connectivity index (χ0) is 18.1. The number of aromatic nitrogens is 1. The monoisotopic (exact) mass is 373 g/mol. The normalized spacial score (nSPS) is 17.2. The first kappa shape index (κ1) is 17.0. The zero-order valence-electron chi connectivity index (χ0n) is 14.2. The van der Waals surface area contributed by atoms with Crippen LogP contribution in [0.2, 0.25) is 0 Å². The molecule has 0 unspecified atom stereocenters. The molecule has 1 aromatic carbocycles. The Balaban J connectivity index is 1.57. The molecule has 0 bridgehead atoms. The second-order valence-corrected chi connectivity index (χ2v) is 8.12. The average molecular weight is 373 g/mol. The van der Waals surface area contributed by atoms with Crippen molar-refractivity contribution < 1.29 is 17.9 Å². The van der Waals surface area contributed by atoms with Crippen LogP contribution >= 0.6 is 0 Å². The average Bonchev–Trinajstić information content (AvgIpc) is 3.13. The van der Waals surface area contributed by atoms with Gasteiger partial charge in [-0.25, -0.2) is 8.42 Å². The summed E-state index contributed by atoms with van der Waals surface area (Å²) < 4.78 is 32.6. The van der Waals surface area contributed by atoms with Crippen LogP contribution in [0.3, 0.4) is 0 Å². The van der Waals surface area contributed by atoms with Gasteiger partial charge in [-0.3, -0.25) is 14.1 Å². The van der Waals surface area contributed by atoms with E-state index in [1.165, 1.54) is 16.4 Å². The van der Waals surface area contributed by atoms with Gasteiger partial charge in [0, 0.05) is 37.6 Å². The van der Waals surface area contributed by atoms with E-state index in [2.05, 4.69) is 4.98 Å². The van der Waals surface area contributed by atoms with E-state index in [9.17, 15) is 13.2 Å². The third-order valence-corrected chi connectivity index (χ3v) is 6.55. The maximum atomic E-state index is 13.0. The fourth-order valence-electron chi connectivity index (χ4n) is 3.29. The van der Waals surface area contributed by atoms with Crippen molar-refractivity contribution in [2.24, 2.45) is 0 Å². The fourth-order valence-corrected chi connectivity index (χ4v) is 4.80. The molecule has 0 N–H and O–H groups in total. The first-order chi connectivity index (χ1) is 12.6. The number of ether oxygens (including phenoxy) is 1. The van der Waals surface area contributed by atoms with E-state index >= 15 is 0 Å². The topological polar surface area (TPSA) is 79.8 Å². The highest BCUT2D eigenvalue weighted by atomic mass is 32.2. The number of carbonyl (C=O) groups is 1. The summed E-state index contributed by atoms with van der Waals surface area (Å²) in [6, 6.07) is 7.88. The minimum Gasteiger partial charge on any atom is -0.378 e. The van der Waals surface area contributed by atoms with Gasteiger partial charge in [-0.1, -0.05) is 0 Å². The van der Waals surface area contributed by atoms with Crippen LogP contribution < -0.4 is 4.31 Å². The van der Waals surface area contributed by atoms with Crippen LogP contribution in [0, 0.1) is 0 Å². The van der Waals surface area contributed by atoms with Gasteiger partial charge in [0.15, 0.2) is 0 Å². The Labute approximate surface area is 152 Å². The van der Waals surface area contributed by atoms with Crippen LogP contribution in [-0.2, 0) is 21.2 Å². The number of morpholine rings is 1. The van der Waals surface area contributed by atoms with Gasteiger partial charge in [0.25, 0.3) is 15.9 Å². The lowest BCUT2D eigenvalue weighted by atomic mass is 10.2. The molecule has 0 atom stereocenters. The molecule has 2 aliphatic rings. The van der Waals surface area contributed by atoms with E-state index in [0.717, 1.165) is 5.56 Å². The minimum atomic E-state index is -3.66. The highest BCUT2D eigenvalue weighted by molar-refractivity contribution is 7.92. The van der Waals surface area contributed by atoms with Crippen LogP contribution in [0.4, 0.5) is 5.69 Å². The summed E-state index contributed by atoms with van der Waals surface area (Å²) in [5.41, 5.74) is 2.08. The van der Waals surface area contributed by atoms with Gasteiger partial charge < -0.3 is 9.64 Å². The van der Waals surface area contributed by atoms with Crippen LogP contribution in [0.5, 0.6) is 0 Å². The second kappa shape index (κ2) is 6.69. The van der Waals surface area contributed by atoms with Crippen molar-refractivity contribution in [1.82, 2.24) is 9.88 Å². The number of nitrogens with zero attached hydrogens (tertiary/aromatic N) is 3. The molecule has 1 amide bonds. The zero-order valence-corrected chi connectivity index (χ0v) is 15.0. The molecule has 0 saturated carbocycles. The van der Waals surface area contributed by atoms with E-state index in [4.69, 9.17) is 4.74 Å². The predicted octanol–water partition coefficient (Wildman–Crippen LogP) is 1.31. The molecule has 1 fully saturated rings. The third-order valence-electron chi connectivity index (χ3n) is 4.72.